The summed E-state index contributed by atoms with van der Waals surface area (Å²) in [6, 6.07) is 15.7. The quantitative estimate of drug-likeness (QED) is 0.855. The molecule has 0 aliphatic carbocycles. The molecule has 5 heteroatoms. The first kappa shape index (κ1) is 12.4. The number of hydrogen-bond acceptors (Lipinski definition) is 3. The van der Waals surface area contributed by atoms with Crippen LogP contribution in [0.4, 0.5) is 11.4 Å². The van der Waals surface area contributed by atoms with Crippen LogP contribution in [0.15, 0.2) is 53.5 Å². The second-order valence-corrected chi connectivity index (χ2v) is 5.47. The zero-order chi connectivity index (χ0) is 14.4. The van der Waals surface area contributed by atoms with Gasteiger partial charge in [0.15, 0.2) is 0 Å². The largest absolute Gasteiger partial charge is 0.305 e. The first-order valence-electron chi connectivity index (χ1n) is 6.73. The van der Waals surface area contributed by atoms with Gasteiger partial charge >= 0.3 is 0 Å². The summed E-state index contributed by atoms with van der Waals surface area (Å²) >= 11 is 6.25. The Morgan fingerprint density at radius 2 is 1.76 bits per heavy atom. The van der Waals surface area contributed by atoms with Gasteiger partial charge in [0.05, 0.1) is 17.9 Å². The van der Waals surface area contributed by atoms with Crippen LogP contribution in [0.3, 0.4) is 0 Å². The van der Waals surface area contributed by atoms with Crippen molar-refractivity contribution in [2.24, 2.45) is 4.99 Å². The van der Waals surface area contributed by atoms with Crippen molar-refractivity contribution >= 4 is 34.8 Å². The molecule has 0 atom stereocenters. The minimum atomic E-state index is -0.108. The average molecular weight is 298 g/mol. The van der Waals surface area contributed by atoms with E-state index in [1.54, 1.807) is 0 Å². The zero-order valence-electron chi connectivity index (χ0n) is 11.2. The predicted octanol–water partition coefficient (Wildman–Crippen LogP) is 3.06. The van der Waals surface area contributed by atoms with Gasteiger partial charge in [-0.3, -0.25) is 4.79 Å². The van der Waals surface area contributed by atoms with Crippen LogP contribution in [0.1, 0.15) is 5.56 Å². The maximum atomic E-state index is 11.6. The number of benzene rings is 2. The maximum Gasteiger partial charge on any atom is 0.268 e. The van der Waals surface area contributed by atoms with Gasteiger partial charge in [-0.15, -0.1) is 0 Å². The lowest BCUT2D eigenvalue weighted by Gasteiger charge is -2.19. The fraction of sp³-hybridized carbons (Fsp3) is 0.125. The number of guanidine groups is 1. The number of aliphatic imine (C=N–C) groups is 1. The van der Waals surface area contributed by atoms with Crippen LogP contribution < -0.4 is 9.80 Å². The van der Waals surface area contributed by atoms with Crippen molar-refractivity contribution in [2.45, 2.75) is 6.54 Å². The van der Waals surface area contributed by atoms with Gasteiger partial charge in [-0.2, -0.15) is 4.99 Å². The van der Waals surface area contributed by atoms with E-state index in [2.05, 4.69) is 4.99 Å². The molecule has 0 saturated heterocycles. The molecular weight excluding hydrogens is 286 g/mol. The molecule has 2 heterocycles. The molecule has 104 valence electrons. The molecule has 2 aliphatic rings. The van der Waals surface area contributed by atoms with Crippen molar-refractivity contribution in [3.8, 4) is 0 Å². The third-order valence-electron chi connectivity index (χ3n) is 3.75. The molecular formula is C16H12ClN3O. The molecule has 0 aromatic heterocycles. The molecule has 0 spiro atoms. The number of carbonyl (C=O) groups is 1. The van der Waals surface area contributed by atoms with Crippen molar-refractivity contribution in [3.63, 3.8) is 0 Å². The van der Waals surface area contributed by atoms with Crippen molar-refractivity contribution in [3.05, 3.63) is 59.1 Å². The summed E-state index contributed by atoms with van der Waals surface area (Å²) in [5.74, 6) is 0.588. The number of nitrogens with zero attached hydrogens (tertiary/aromatic N) is 3. The van der Waals surface area contributed by atoms with Crippen molar-refractivity contribution in [2.75, 3.05) is 16.3 Å². The van der Waals surface area contributed by atoms with E-state index in [9.17, 15) is 4.79 Å². The SMILES string of the molecule is O=C1CN2C(=N1)N(Cc1ccccc1Cl)c1ccccc12. The van der Waals surface area contributed by atoms with Gasteiger partial charge in [-0.1, -0.05) is 41.9 Å². The molecule has 0 saturated carbocycles. The van der Waals surface area contributed by atoms with Crippen molar-refractivity contribution in [1.29, 1.82) is 0 Å². The Balaban J connectivity index is 1.78. The highest BCUT2D eigenvalue weighted by Gasteiger charge is 2.38. The zero-order valence-corrected chi connectivity index (χ0v) is 11.9. The normalized spacial score (nSPS) is 16.0. The molecule has 0 N–H and O–H groups in total. The van der Waals surface area contributed by atoms with Crippen LogP contribution in [-0.2, 0) is 11.3 Å². The summed E-state index contributed by atoms with van der Waals surface area (Å²) in [7, 11) is 0. The van der Waals surface area contributed by atoms with Crippen LogP contribution in [0, 0.1) is 0 Å². The third-order valence-corrected chi connectivity index (χ3v) is 4.12. The van der Waals surface area contributed by atoms with Gasteiger partial charge in [0.2, 0.25) is 5.96 Å². The second-order valence-electron chi connectivity index (χ2n) is 5.06. The van der Waals surface area contributed by atoms with Gasteiger partial charge in [-0.25, -0.2) is 0 Å². The standard InChI is InChI=1S/C16H12ClN3O/c17-12-6-2-1-5-11(12)9-19-13-7-3-4-8-14(13)20-10-15(21)18-16(19)20/h1-8H,9-10H2. The monoisotopic (exact) mass is 297 g/mol. The number of anilines is 2. The Morgan fingerprint density at radius 3 is 2.57 bits per heavy atom. The molecule has 1 amide bonds. The van der Waals surface area contributed by atoms with E-state index in [0.717, 1.165) is 22.0 Å². The number of para-hydroxylation sites is 2. The Kier molecular flexibility index (Phi) is 2.72. The maximum absolute atomic E-state index is 11.6. The van der Waals surface area contributed by atoms with Crippen LogP contribution >= 0.6 is 11.6 Å². The second kappa shape index (κ2) is 4.60. The van der Waals surface area contributed by atoms with E-state index in [4.69, 9.17) is 11.6 Å². The number of carbonyl (C=O) groups excluding carboxylic acids is 1. The molecule has 4 rings (SSSR count). The fourth-order valence-corrected chi connectivity index (χ4v) is 2.99. The minimum absolute atomic E-state index is 0.108. The molecule has 2 aliphatic heterocycles. The number of fused-ring (bicyclic) bond motifs is 3. The highest BCUT2D eigenvalue weighted by Crippen LogP contribution is 2.39. The topological polar surface area (TPSA) is 35.9 Å². The average Bonchev–Trinajstić information content (AvgIpc) is 2.99. The molecule has 2 aromatic rings. The summed E-state index contributed by atoms with van der Waals surface area (Å²) in [5, 5.41) is 0.721. The first-order chi connectivity index (χ1) is 10.2. The summed E-state index contributed by atoms with van der Waals surface area (Å²) in [6.07, 6.45) is 0. The van der Waals surface area contributed by atoms with Crippen LogP contribution in [0.25, 0.3) is 0 Å². The van der Waals surface area contributed by atoms with Crippen molar-refractivity contribution < 1.29 is 4.79 Å². The lowest BCUT2D eigenvalue weighted by atomic mass is 10.2. The van der Waals surface area contributed by atoms with E-state index in [1.165, 1.54) is 0 Å². The molecule has 21 heavy (non-hydrogen) atoms. The van der Waals surface area contributed by atoms with E-state index in [1.807, 2.05) is 58.3 Å². The van der Waals surface area contributed by atoms with Gasteiger partial charge in [-0.05, 0) is 23.8 Å². The van der Waals surface area contributed by atoms with Gasteiger partial charge < -0.3 is 9.80 Å². The summed E-state index contributed by atoms with van der Waals surface area (Å²) in [6.45, 7) is 0.907. The van der Waals surface area contributed by atoms with Gasteiger partial charge in [0, 0.05) is 5.02 Å². The van der Waals surface area contributed by atoms with Crippen LogP contribution in [0.2, 0.25) is 5.02 Å². The van der Waals surface area contributed by atoms with Crippen LogP contribution in [-0.4, -0.2) is 18.4 Å². The van der Waals surface area contributed by atoms with E-state index >= 15 is 0 Å². The number of amides is 1. The van der Waals surface area contributed by atoms with E-state index in [0.29, 0.717) is 19.0 Å². The number of hydrogen-bond donors (Lipinski definition) is 0. The summed E-state index contributed by atoms with van der Waals surface area (Å²) in [5.41, 5.74) is 3.09. The van der Waals surface area contributed by atoms with E-state index < -0.39 is 0 Å². The minimum Gasteiger partial charge on any atom is -0.305 e. The fourth-order valence-electron chi connectivity index (χ4n) is 2.79. The molecule has 0 unspecified atom stereocenters. The lowest BCUT2D eigenvalue weighted by molar-refractivity contribution is -0.115. The Bertz CT molecular complexity index is 772. The summed E-state index contributed by atoms with van der Waals surface area (Å²) < 4.78 is 0. The Labute approximate surface area is 127 Å². The molecule has 0 radical (unpaired) electrons. The van der Waals surface area contributed by atoms with Gasteiger partial charge in [0.1, 0.15) is 6.54 Å². The smallest absolute Gasteiger partial charge is 0.268 e. The molecule has 0 bridgehead atoms. The Hall–Kier alpha value is -2.33. The van der Waals surface area contributed by atoms with Crippen LogP contribution in [0.5, 0.6) is 0 Å². The van der Waals surface area contributed by atoms with E-state index in [-0.39, 0.29) is 5.91 Å². The molecule has 4 nitrogen and oxygen atoms in total. The highest BCUT2D eigenvalue weighted by molar-refractivity contribution is 6.31. The number of rotatable bonds is 2. The van der Waals surface area contributed by atoms with Gasteiger partial charge in [0.25, 0.3) is 5.91 Å². The molecule has 2 aromatic carbocycles. The Morgan fingerprint density at radius 1 is 1.05 bits per heavy atom. The third kappa shape index (κ3) is 1.91. The predicted molar refractivity (Wildman–Crippen MR) is 83.9 cm³/mol. The lowest BCUT2D eigenvalue weighted by Crippen LogP contribution is -2.35. The highest BCUT2D eigenvalue weighted by atomic mass is 35.5. The first-order valence-corrected chi connectivity index (χ1v) is 7.11. The number of halogens is 1. The van der Waals surface area contributed by atoms with Crippen molar-refractivity contribution in [1.82, 2.24) is 0 Å². The summed E-state index contributed by atoms with van der Waals surface area (Å²) in [4.78, 5) is 19.8. The molecule has 0 fully saturated rings.